The van der Waals surface area contributed by atoms with Crippen molar-refractivity contribution in [2.24, 2.45) is 0 Å². The van der Waals surface area contributed by atoms with Gasteiger partial charge in [-0.1, -0.05) is 35.3 Å². The number of amides is 2. The first-order valence-electron chi connectivity index (χ1n) is 9.57. The molecule has 1 aliphatic carbocycles. The zero-order valence-corrected chi connectivity index (χ0v) is 18.3. The van der Waals surface area contributed by atoms with Crippen LogP contribution < -0.4 is 15.4 Å². The van der Waals surface area contributed by atoms with Crippen LogP contribution in [0.3, 0.4) is 0 Å². The van der Waals surface area contributed by atoms with Gasteiger partial charge in [0.2, 0.25) is 5.88 Å². The largest absolute Gasteiger partial charge is 0.439 e. The Morgan fingerprint density at radius 3 is 2.50 bits per heavy atom. The molecular formula is C23H17Cl2N3O4. The lowest BCUT2D eigenvalue weighted by molar-refractivity contribution is -0.134. The number of halogens is 2. The molecule has 2 amide bonds. The van der Waals surface area contributed by atoms with Gasteiger partial charge in [-0.3, -0.25) is 4.79 Å². The molecule has 0 bridgehead atoms. The molecule has 0 saturated heterocycles. The molecule has 0 aliphatic heterocycles. The van der Waals surface area contributed by atoms with E-state index in [2.05, 4.69) is 15.6 Å². The van der Waals surface area contributed by atoms with Crippen molar-refractivity contribution >= 4 is 52.3 Å². The number of carbonyl (C=O) groups is 2. The van der Waals surface area contributed by atoms with Crippen LogP contribution in [0.25, 0.3) is 5.76 Å². The zero-order chi connectivity index (χ0) is 22.7. The standard InChI is InChI=1S/C23H17Cl2N3O4/c1-13(29)31-21-9-7-17-16(21)3-2-4-20(17)32-22-10-6-15(12-26-22)28-23(30)27-14-5-8-18(24)19(25)11-14/h2-6,8-12H,7H2,1H3,(H2,27,28,30). The molecule has 0 saturated carbocycles. The van der Waals surface area contributed by atoms with Crippen LogP contribution in [0.1, 0.15) is 18.1 Å². The molecule has 4 rings (SSSR count). The highest BCUT2D eigenvalue weighted by Crippen LogP contribution is 2.36. The van der Waals surface area contributed by atoms with E-state index in [0.717, 1.165) is 11.1 Å². The summed E-state index contributed by atoms with van der Waals surface area (Å²) in [5.41, 5.74) is 2.71. The van der Waals surface area contributed by atoms with Gasteiger partial charge in [-0.15, -0.1) is 0 Å². The third kappa shape index (κ3) is 5.01. The number of anilines is 2. The van der Waals surface area contributed by atoms with Gasteiger partial charge in [0.05, 0.1) is 21.9 Å². The summed E-state index contributed by atoms with van der Waals surface area (Å²) in [6.07, 6.45) is 3.91. The first kappa shape index (κ1) is 21.7. The van der Waals surface area contributed by atoms with Crippen molar-refractivity contribution in [1.29, 1.82) is 0 Å². The normalized spacial score (nSPS) is 11.9. The number of fused-ring (bicyclic) bond motifs is 1. The second-order valence-electron chi connectivity index (χ2n) is 6.84. The first-order valence-corrected chi connectivity index (χ1v) is 10.3. The van der Waals surface area contributed by atoms with Crippen LogP contribution in [0, 0.1) is 0 Å². The average Bonchev–Trinajstić information content (AvgIpc) is 3.15. The molecule has 32 heavy (non-hydrogen) atoms. The average molecular weight is 470 g/mol. The SMILES string of the molecule is CC(=O)OC1=CCc2c(Oc3ccc(NC(=O)Nc4ccc(Cl)c(Cl)c4)cn3)cccc21. The van der Waals surface area contributed by atoms with Crippen molar-refractivity contribution in [2.75, 3.05) is 10.6 Å². The topological polar surface area (TPSA) is 89.5 Å². The number of urea groups is 1. The van der Waals surface area contributed by atoms with Crippen molar-refractivity contribution in [1.82, 2.24) is 4.98 Å². The van der Waals surface area contributed by atoms with Crippen molar-refractivity contribution in [3.63, 3.8) is 0 Å². The van der Waals surface area contributed by atoms with Gasteiger partial charge in [0.15, 0.2) is 0 Å². The zero-order valence-electron chi connectivity index (χ0n) is 16.8. The number of esters is 1. The molecule has 7 nitrogen and oxygen atoms in total. The Morgan fingerprint density at radius 1 is 1.00 bits per heavy atom. The van der Waals surface area contributed by atoms with Crippen LogP contribution in [0.2, 0.25) is 10.0 Å². The number of pyridine rings is 1. The van der Waals surface area contributed by atoms with Gasteiger partial charge < -0.3 is 20.1 Å². The number of rotatable bonds is 5. The van der Waals surface area contributed by atoms with E-state index in [0.29, 0.717) is 45.2 Å². The summed E-state index contributed by atoms with van der Waals surface area (Å²) in [6.45, 7) is 1.36. The van der Waals surface area contributed by atoms with Gasteiger partial charge in [-0.05, 0) is 42.8 Å². The summed E-state index contributed by atoms with van der Waals surface area (Å²) < 4.78 is 11.2. The number of aromatic nitrogens is 1. The highest BCUT2D eigenvalue weighted by Gasteiger charge is 2.21. The number of hydrogen-bond donors (Lipinski definition) is 2. The molecule has 0 fully saturated rings. The number of carbonyl (C=O) groups excluding carboxylic acids is 2. The Bertz CT molecular complexity index is 1230. The molecule has 0 atom stereocenters. The second-order valence-corrected chi connectivity index (χ2v) is 7.66. The van der Waals surface area contributed by atoms with E-state index >= 15 is 0 Å². The predicted octanol–water partition coefficient (Wildman–Crippen LogP) is 6.28. The number of allylic oxidation sites excluding steroid dienone is 1. The number of nitrogens with one attached hydrogen (secondary N) is 2. The smallest absolute Gasteiger partial charge is 0.323 e. The number of ether oxygens (including phenoxy) is 2. The Kier molecular flexibility index (Phi) is 6.30. The van der Waals surface area contributed by atoms with Gasteiger partial charge in [0.25, 0.3) is 0 Å². The molecule has 0 unspecified atom stereocenters. The fourth-order valence-electron chi connectivity index (χ4n) is 3.15. The number of benzene rings is 2. The highest BCUT2D eigenvalue weighted by molar-refractivity contribution is 6.42. The molecule has 3 aromatic rings. The molecule has 0 radical (unpaired) electrons. The summed E-state index contributed by atoms with van der Waals surface area (Å²) in [5, 5.41) is 6.09. The van der Waals surface area contributed by atoms with E-state index in [1.54, 1.807) is 30.3 Å². The summed E-state index contributed by atoms with van der Waals surface area (Å²) in [4.78, 5) is 27.7. The monoisotopic (exact) mass is 469 g/mol. The van der Waals surface area contributed by atoms with Crippen LogP contribution in [-0.2, 0) is 16.0 Å². The van der Waals surface area contributed by atoms with Gasteiger partial charge in [0.1, 0.15) is 11.5 Å². The van der Waals surface area contributed by atoms with Gasteiger partial charge in [0, 0.05) is 29.8 Å². The van der Waals surface area contributed by atoms with Crippen LogP contribution in [0.5, 0.6) is 11.6 Å². The summed E-state index contributed by atoms with van der Waals surface area (Å²) in [7, 11) is 0. The molecule has 1 aromatic heterocycles. The van der Waals surface area contributed by atoms with Crippen molar-refractivity contribution in [3.05, 3.63) is 82.0 Å². The summed E-state index contributed by atoms with van der Waals surface area (Å²) in [6, 6.07) is 13.2. The third-order valence-corrected chi connectivity index (χ3v) is 5.27. The van der Waals surface area contributed by atoms with Crippen LogP contribution in [0.15, 0.2) is 60.8 Å². The molecule has 9 heteroatoms. The summed E-state index contributed by atoms with van der Waals surface area (Å²) >= 11 is 11.8. The Hall–Kier alpha value is -3.55. The molecule has 2 aromatic carbocycles. The van der Waals surface area contributed by atoms with E-state index in [4.69, 9.17) is 32.7 Å². The summed E-state index contributed by atoms with van der Waals surface area (Å²) in [5.74, 6) is 1.13. The first-order chi connectivity index (χ1) is 15.4. The lowest BCUT2D eigenvalue weighted by Crippen LogP contribution is -2.19. The second kappa shape index (κ2) is 9.30. The maximum Gasteiger partial charge on any atom is 0.323 e. The maximum atomic E-state index is 12.2. The third-order valence-electron chi connectivity index (χ3n) is 4.53. The van der Waals surface area contributed by atoms with E-state index < -0.39 is 6.03 Å². The van der Waals surface area contributed by atoms with Gasteiger partial charge >= 0.3 is 12.0 Å². The van der Waals surface area contributed by atoms with E-state index in [-0.39, 0.29) is 5.97 Å². The fraction of sp³-hybridized carbons (Fsp3) is 0.0870. The number of nitrogens with zero attached hydrogens (tertiary/aromatic N) is 1. The molecular weight excluding hydrogens is 453 g/mol. The minimum absolute atomic E-state index is 0.343. The molecule has 162 valence electrons. The molecule has 2 N–H and O–H groups in total. The highest BCUT2D eigenvalue weighted by atomic mass is 35.5. The molecule has 1 aliphatic rings. The lowest BCUT2D eigenvalue weighted by Gasteiger charge is -2.12. The van der Waals surface area contributed by atoms with E-state index in [1.165, 1.54) is 13.1 Å². The van der Waals surface area contributed by atoms with Crippen molar-refractivity contribution in [3.8, 4) is 11.6 Å². The fourth-order valence-corrected chi connectivity index (χ4v) is 3.45. The molecule has 0 spiro atoms. The maximum absolute atomic E-state index is 12.2. The van der Waals surface area contributed by atoms with Crippen LogP contribution >= 0.6 is 23.2 Å². The minimum atomic E-state index is -0.455. The predicted molar refractivity (Wildman–Crippen MR) is 123 cm³/mol. The van der Waals surface area contributed by atoms with Gasteiger partial charge in [-0.2, -0.15) is 0 Å². The van der Waals surface area contributed by atoms with Crippen molar-refractivity contribution < 1.29 is 19.1 Å². The molecule has 1 heterocycles. The Labute approximate surface area is 194 Å². The van der Waals surface area contributed by atoms with Crippen LogP contribution in [0.4, 0.5) is 16.2 Å². The Morgan fingerprint density at radius 2 is 1.78 bits per heavy atom. The minimum Gasteiger partial charge on any atom is -0.439 e. The lowest BCUT2D eigenvalue weighted by atomic mass is 10.1. The van der Waals surface area contributed by atoms with Crippen molar-refractivity contribution in [2.45, 2.75) is 13.3 Å². The van der Waals surface area contributed by atoms with Crippen LogP contribution in [-0.4, -0.2) is 17.0 Å². The van der Waals surface area contributed by atoms with E-state index in [9.17, 15) is 9.59 Å². The quantitative estimate of drug-likeness (QED) is 0.428. The van der Waals surface area contributed by atoms with Gasteiger partial charge in [-0.25, -0.2) is 9.78 Å². The Balaban J connectivity index is 1.39. The number of hydrogen-bond acceptors (Lipinski definition) is 5. The van der Waals surface area contributed by atoms with E-state index in [1.807, 2.05) is 24.3 Å².